The maximum Gasteiger partial charge on any atom is 0.219 e. The third-order valence-corrected chi connectivity index (χ3v) is 7.72. The number of carbonyl (C=O) groups excluding carboxylic acids is 1. The van der Waals surface area contributed by atoms with Crippen molar-refractivity contribution >= 4 is 34.6 Å². The molecule has 3 heterocycles. The number of aliphatic hydroxyl groups is 2. The minimum Gasteiger partial charge on any atom is -0.512 e. The molecule has 0 bridgehead atoms. The summed E-state index contributed by atoms with van der Waals surface area (Å²) >= 11 is 6.61. The summed E-state index contributed by atoms with van der Waals surface area (Å²) in [5, 5.41) is 32.2. The predicted octanol–water partition coefficient (Wildman–Crippen LogP) is 3.45. The number of hydrogen-bond donors (Lipinski definition) is 4. The van der Waals surface area contributed by atoms with Gasteiger partial charge in [0.25, 0.3) is 0 Å². The number of likely N-dealkylation sites (tertiary alicyclic amines) is 1. The molecule has 2 aliphatic heterocycles. The number of likely N-dealkylation sites (N-methyl/N-ethyl adjacent to an activating group) is 1. The van der Waals surface area contributed by atoms with Crippen LogP contribution in [0.2, 0.25) is 5.02 Å². The number of benzene rings is 1. The Balaban J connectivity index is 1.74. The van der Waals surface area contributed by atoms with Gasteiger partial charge in [0.05, 0.1) is 16.3 Å². The second-order valence-electron chi connectivity index (χ2n) is 10.6. The van der Waals surface area contributed by atoms with E-state index in [0.29, 0.717) is 45.8 Å². The number of ether oxygens (including phenoxy) is 1. The number of amides is 1. The average Bonchev–Trinajstić information content (AvgIpc) is 3.30. The van der Waals surface area contributed by atoms with E-state index in [9.17, 15) is 15.0 Å². The summed E-state index contributed by atoms with van der Waals surface area (Å²) in [6.45, 7) is 10.1. The van der Waals surface area contributed by atoms with Crippen molar-refractivity contribution in [3.8, 4) is 17.1 Å². The van der Waals surface area contributed by atoms with Crippen LogP contribution in [0.5, 0.6) is 5.75 Å². The molecule has 0 aliphatic carbocycles. The first-order chi connectivity index (χ1) is 18.4. The molecule has 0 unspecified atom stereocenters. The highest BCUT2D eigenvalue weighted by Crippen LogP contribution is 2.44. The lowest BCUT2D eigenvalue weighted by Gasteiger charge is -2.49. The van der Waals surface area contributed by atoms with Crippen LogP contribution >= 0.6 is 11.6 Å². The SMILES string of the molecule is CNC[C@@H](O)COc1ccc(Cl)c(-c2nc(/C(C(C)=N)=C(\C)O)c(C)c(N3CC4(CCN(C(C)=O)C4)C3)n2)c1. The van der Waals surface area contributed by atoms with Crippen molar-refractivity contribution in [1.82, 2.24) is 20.2 Å². The lowest BCUT2D eigenvalue weighted by Crippen LogP contribution is -2.58. The zero-order valence-electron chi connectivity index (χ0n) is 23.1. The van der Waals surface area contributed by atoms with Crippen LogP contribution in [0.25, 0.3) is 17.0 Å². The first kappa shape index (κ1) is 28.8. The fourth-order valence-corrected chi connectivity index (χ4v) is 5.63. The quantitative estimate of drug-likeness (QED) is 0.272. The molecule has 11 heteroatoms. The van der Waals surface area contributed by atoms with E-state index in [1.165, 1.54) is 0 Å². The highest BCUT2D eigenvalue weighted by molar-refractivity contribution is 6.33. The summed E-state index contributed by atoms with van der Waals surface area (Å²) in [5.74, 6) is 1.64. The van der Waals surface area contributed by atoms with Gasteiger partial charge in [0.15, 0.2) is 5.82 Å². The Kier molecular flexibility index (Phi) is 8.48. The van der Waals surface area contributed by atoms with Crippen LogP contribution in [0.1, 0.15) is 38.4 Å². The first-order valence-corrected chi connectivity index (χ1v) is 13.4. The number of carbonyl (C=O) groups is 1. The average molecular weight is 557 g/mol. The van der Waals surface area contributed by atoms with Crippen molar-refractivity contribution in [1.29, 1.82) is 5.41 Å². The molecule has 10 nitrogen and oxygen atoms in total. The van der Waals surface area contributed by atoms with Crippen molar-refractivity contribution < 1.29 is 19.7 Å². The van der Waals surface area contributed by atoms with Gasteiger partial charge in [-0.2, -0.15) is 0 Å². The highest BCUT2D eigenvalue weighted by atomic mass is 35.5. The predicted molar refractivity (Wildman–Crippen MR) is 153 cm³/mol. The monoisotopic (exact) mass is 556 g/mol. The summed E-state index contributed by atoms with van der Waals surface area (Å²) in [4.78, 5) is 25.7. The third-order valence-electron chi connectivity index (χ3n) is 7.39. The van der Waals surface area contributed by atoms with Crippen molar-refractivity contribution in [2.45, 2.75) is 40.2 Å². The van der Waals surface area contributed by atoms with E-state index >= 15 is 0 Å². The smallest absolute Gasteiger partial charge is 0.219 e. The molecule has 210 valence electrons. The summed E-state index contributed by atoms with van der Waals surface area (Å²) in [5.41, 5.74) is 2.32. The van der Waals surface area contributed by atoms with E-state index in [2.05, 4.69) is 10.2 Å². The number of nitrogens with one attached hydrogen (secondary N) is 2. The molecule has 0 saturated carbocycles. The number of halogens is 1. The van der Waals surface area contributed by atoms with Gasteiger partial charge in [-0.25, -0.2) is 9.97 Å². The Bertz CT molecular complexity index is 1300. The van der Waals surface area contributed by atoms with Crippen LogP contribution in [0.4, 0.5) is 5.82 Å². The topological polar surface area (TPSA) is 135 Å². The van der Waals surface area contributed by atoms with Crippen molar-refractivity contribution in [2.75, 3.05) is 51.3 Å². The van der Waals surface area contributed by atoms with Crippen LogP contribution in [-0.2, 0) is 4.79 Å². The number of aliphatic hydroxyl groups excluding tert-OH is 2. The Morgan fingerprint density at radius 2 is 1.97 bits per heavy atom. The summed E-state index contributed by atoms with van der Waals surface area (Å²) in [7, 11) is 1.76. The molecule has 1 spiro atoms. The molecule has 1 amide bonds. The Morgan fingerprint density at radius 1 is 1.26 bits per heavy atom. The van der Waals surface area contributed by atoms with Gasteiger partial charge in [-0.15, -0.1) is 0 Å². The maximum atomic E-state index is 11.9. The number of rotatable bonds is 9. The molecule has 2 fully saturated rings. The zero-order valence-corrected chi connectivity index (χ0v) is 23.9. The maximum absolute atomic E-state index is 11.9. The highest BCUT2D eigenvalue weighted by Gasteiger charge is 2.49. The normalized spacial score (nSPS) is 17.6. The molecule has 4 rings (SSSR count). The van der Waals surface area contributed by atoms with Gasteiger partial charge in [0, 0.05) is 61.9 Å². The molecular weight excluding hydrogens is 520 g/mol. The lowest BCUT2D eigenvalue weighted by atomic mass is 9.79. The van der Waals surface area contributed by atoms with E-state index in [4.69, 9.17) is 31.7 Å². The number of anilines is 1. The second-order valence-corrected chi connectivity index (χ2v) is 11.0. The van der Waals surface area contributed by atoms with E-state index in [1.807, 2.05) is 11.8 Å². The van der Waals surface area contributed by atoms with Crippen molar-refractivity contribution in [3.63, 3.8) is 0 Å². The van der Waals surface area contributed by atoms with E-state index < -0.39 is 6.10 Å². The van der Waals surface area contributed by atoms with Crippen LogP contribution in [0, 0.1) is 17.7 Å². The van der Waals surface area contributed by atoms with Crippen LogP contribution in [0.3, 0.4) is 0 Å². The molecule has 1 atom stereocenters. The van der Waals surface area contributed by atoms with Crippen LogP contribution in [-0.4, -0.2) is 89.2 Å². The molecule has 2 saturated heterocycles. The lowest BCUT2D eigenvalue weighted by molar-refractivity contribution is -0.128. The first-order valence-electron chi connectivity index (χ1n) is 13.0. The number of allylic oxidation sites excluding steroid dienone is 2. The van der Waals surface area contributed by atoms with Gasteiger partial charge < -0.3 is 35.5 Å². The zero-order chi connectivity index (χ0) is 28.5. The summed E-state index contributed by atoms with van der Waals surface area (Å²) in [6, 6.07) is 5.15. The van der Waals surface area contributed by atoms with Crippen LogP contribution in [0.15, 0.2) is 24.0 Å². The number of aromatic nitrogens is 2. The van der Waals surface area contributed by atoms with E-state index in [1.54, 1.807) is 46.0 Å². The van der Waals surface area contributed by atoms with Gasteiger partial charge >= 0.3 is 0 Å². The Labute approximate surface area is 234 Å². The molecule has 1 aromatic heterocycles. The van der Waals surface area contributed by atoms with Crippen molar-refractivity contribution in [3.05, 3.63) is 40.2 Å². The van der Waals surface area contributed by atoms with E-state index in [0.717, 1.165) is 38.2 Å². The van der Waals surface area contributed by atoms with E-state index in [-0.39, 0.29) is 29.4 Å². The summed E-state index contributed by atoms with van der Waals surface area (Å²) < 4.78 is 5.79. The second kappa shape index (κ2) is 11.5. The van der Waals surface area contributed by atoms with Crippen molar-refractivity contribution in [2.24, 2.45) is 5.41 Å². The third kappa shape index (κ3) is 6.03. The molecule has 2 aliphatic rings. The fourth-order valence-electron chi connectivity index (χ4n) is 5.42. The van der Waals surface area contributed by atoms with Gasteiger partial charge in [-0.1, -0.05) is 11.6 Å². The molecular formula is C28H37ClN6O4. The standard InChI is InChI=1S/C28H37ClN6O4/c1-16-25(24(17(2)30)18(3)36)32-26(22-10-21(6-7-23(22)29)39-12-20(38)11-31-5)33-27(16)35-14-28(15-35)8-9-34(13-28)19(4)37/h6-7,10,20,30-31,36,38H,8-9,11-15H2,1-5H3/b24-18+,30-17?/t20-/m1/s1. The molecule has 1 aromatic carbocycles. The Morgan fingerprint density at radius 3 is 2.56 bits per heavy atom. The Hall–Kier alpha value is -3.21. The van der Waals surface area contributed by atoms with Gasteiger partial charge in [-0.3, -0.25) is 4.79 Å². The minimum absolute atomic E-state index is 0.00382. The molecule has 2 aromatic rings. The minimum atomic E-state index is -0.674. The number of nitrogens with zero attached hydrogens (tertiary/aromatic N) is 4. The van der Waals surface area contributed by atoms with Gasteiger partial charge in [0.1, 0.15) is 30.0 Å². The number of hydrogen-bond acceptors (Lipinski definition) is 9. The van der Waals surface area contributed by atoms with Gasteiger partial charge in [0.2, 0.25) is 5.91 Å². The molecule has 0 radical (unpaired) electrons. The fraction of sp³-hybridized carbons (Fsp3) is 0.500. The van der Waals surface area contributed by atoms with Gasteiger partial charge in [-0.05, 0) is 52.4 Å². The largest absolute Gasteiger partial charge is 0.512 e. The van der Waals surface area contributed by atoms with Crippen LogP contribution < -0.4 is 15.0 Å². The summed E-state index contributed by atoms with van der Waals surface area (Å²) in [6.07, 6.45) is 0.268. The molecule has 4 N–H and O–H groups in total. The molecule has 39 heavy (non-hydrogen) atoms.